The summed E-state index contributed by atoms with van der Waals surface area (Å²) in [4.78, 5) is 26.3. The first-order valence-corrected chi connectivity index (χ1v) is 7.77. The topological polar surface area (TPSA) is 49.4 Å². The second-order valence-corrected chi connectivity index (χ2v) is 6.10. The number of aryl methyl sites for hydroxylation is 2. The van der Waals surface area contributed by atoms with E-state index in [4.69, 9.17) is 0 Å². The van der Waals surface area contributed by atoms with Crippen molar-refractivity contribution in [2.45, 2.75) is 20.3 Å². The van der Waals surface area contributed by atoms with Crippen LogP contribution in [0.15, 0.2) is 48.5 Å². The van der Waals surface area contributed by atoms with Gasteiger partial charge < -0.3 is 10.2 Å². The van der Waals surface area contributed by atoms with Crippen LogP contribution in [0.1, 0.15) is 17.5 Å². The molecule has 1 fully saturated rings. The molecule has 0 unspecified atom stereocenters. The van der Waals surface area contributed by atoms with Crippen molar-refractivity contribution in [3.8, 4) is 0 Å². The zero-order valence-electron chi connectivity index (χ0n) is 13.4. The van der Waals surface area contributed by atoms with E-state index in [1.54, 1.807) is 4.90 Å². The van der Waals surface area contributed by atoms with Crippen molar-refractivity contribution in [2.75, 3.05) is 16.8 Å². The molecular formula is C19H20N2O2. The average Bonchev–Trinajstić information content (AvgIpc) is 2.92. The Kier molecular flexibility index (Phi) is 4.15. The van der Waals surface area contributed by atoms with E-state index in [-0.39, 0.29) is 24.2 Å². The van der Waals surface area contributed by atoms with Crippen molar-refractivity contribution in [1.82, 2.24) is 0 Å². The number of nitrogens with zero attached hydrogens (tertiary/aromatic N) is 1. The number of anilines is 2. The lowest BCUT2D eigenvalue weighted by Gasteiger charge is -2.17. The van der Waals surface area contributed by atoms with E-state index in [1.807, 2.05) is 62.4 Å². The molecule has 0 radical (unpaired) electrons. The SMILES string of the molecule is Cc1ccc(NC(=O)[C@@H]2CC(=O)N(c3ccc(C)cc3)C2)cc1. The number of amides is 2. The zero-order valence-corrected chi connectivity index (χ0v) is 13.4. The Morgan fingerprint density at radius 1 is 1.00 bits per heavy atom. The molecule has 1 atom stereocenters. The van der Waals surface area contributed by atoms with Gasteiger partial charge in [-0.05, 0) is 38.1 Å². The van der Waals surface area contributed by atoms with E-state index in [9.17, 15) is 9.59 Å². The van der Waals surface area contributed by atoms with Crippen LogP contribution in [0.2, 0.25) is 0 Å². The molecule has 0 aliphatic carbocycles. The minimum atomic E-state index is -0.315. The number of nitrogens with one attached hydrogen (secondary N) is 1. The van der Waals surface area contributed by atoms with Crippen molar-refractivity contribution in [3.05, 3.63) is 59.7 Å². The monoisotopic (exact) mass is 308 g/mol. The van der Waals surface area contributed by atoms with Crippen molar-refractivity contribution >= 4 is 23.2 Å². The lowest BCUT2D eigenvalue weighted by molar-refractivity contribution is -0.122. The highest BCUT2D eigenvalue weighted by Gasteiger charge is 2.35. The lowest BCUT2D eigenvalue weighted by Crippen LogP contribution is -2.28. The summed E-state index contributed by atoms with van der Waals surface area (Å²) in [5, 5.41) is 2.89. The summed E-state index contributed by atoms with van der Waals surface area (Å²) in [6, 6.07) is 15.5. The predicted octanol–water partition coefficient (Wildman–Crippen LogP) is 3.30. The maximum Gasteiger partial charge on any atom is 0.229 e. The molecule has 1 saturated heterocycles. The molecule has 2 amide bonds. The van der Waals surface area contributed by atoms with E-state index in [1.165, 1.54) is 0 Å². The van der Waals surface area contributed by atoms with Gasteiger partial charge >= 0.3 is 0 Å². The van der Waals surface area contributed by atoms with Crippen LogP contribution in [-0.4, -0.2) is 18.4 Å². The van der Waals surface area contributed by atoms with Gasteiger partial charge in [0.1, 0.15) is 0 Å². The average molecular weight is 308 g/mol. The lowest BCUT2D eigenvalue weighted by atomic mass is 10.1. The Bertz CT molecular complexity index is 720. The molecule has 0 aromatic heterocycles. The molecule has 1 aliphatic heterocycles. The van der Waals surface area contributed by atoms with Crippen LogP contribution in [0.3, 0.4) is 0 Å². The number of hydrogen-bond acceptors (Lipinski definition) is 2. The smallest absolute Gasteiger partial charge is 0.229 e. The normalized spacial score (nSPS) is 17.4. The van der Waals surface area contributed by atoms with Crippen molar-refractivity contribution in [1.29, 1.82) is 0 Å². The highest BCUT2D eigenvalue weighted by molar-refractivity contribution is 6.03. The second-order valence-electron chi connectivity index (χ2n) is 6.10. The Balaban J connectivity index is 1.68. The van der Waals surface area contributed by atoms with Gasteiger partial charge in [-0.15, -0.1) is 0 Å². The Morgan fingerprint density at radius 3 is 2.17 bits per heavy atom. The Morgan fingerprint density at radius 2 is 1.57 bits per heavy atom. The first-order chi connectivity index (χ1) is 11.0. The van der Waals surface area contributed by atoms with E-state index in [0.717, 1.165) is 22.5 Å². The first kappa shape index (κ1) is 15.3. The highest BCUT2D eigenvalue weighted by Crippen LogP contribution is 2.26. The number of hydrogen-bond donors (Lipinski definition) is 1. The van der Waals surface area contributed by atoms with E-state index in [0.29, 0.717) is 6.54 Å². The number of carbonyl (C=O) groups excluding carboxylic acids is 2. The van der Waals surface area contributed by atoms with Crippen LogP contribution < -0.4 is 10.2 Å². The fourth-order valence-electron chi connectivity index (χ4n) is 2.74. The molecule has 0 bridgehead atoms. The Labute approximate surface area is 136 Å². The highest BCUT2D eigenvalue weighted by atomic mass is 16.2. The molecule has 23 heavy (non-hydrogen) atoms. The van der Waals surface area contributed by atoms with Crippen molar-refractivity contribution in [3.63, 3.8) is 0 Å². The first-order valence-electron chi connectivity index (χ1n) is 7.77. The minimum Gasteiger partial charge on any atom is -0.326 e. The summed E-state index contributed by atoms with van der Waals surface area (Å²) >= 11 is 0. The summed E-state index contributed by atoms with van der Waals surface area (Å²) in [6.07, 6.45) is 0.256. The van der Waals surface area contributed by atoms with Gasteiger partial charge in [-0.3, -0.25) is 9.59 Å². The summed E-state index contributed by atoms with van der Waals surface area (Å²) < 4.78 is 0. The van der Waals surface area contributed by atoms with Crippen LogP contribution in [0.25, 0.3) is 0 Å². The van der Waals surface area contributed by atoms with Crippen LogP contribution in [0.4, 0.5) is 11.4 Å². The van der Waals surface area contributed by atoms with E-state index in [2.05, 4.69) is 5.32 Å². The molecule has 0 saturated carbocycles. The quantitative estimate of drug-likeness (QED) is 0.946. The molecule has 3 rings (SSSR count). The third-order valence-electron chi connectivity index (χ3n) is 4.16. The number of carbonyl (C=O) groups is 2. The second kappa shape index (κ2) is 6.24. The fourth-order valence-corrected chi connectivity index (χ4v) is 2.74. The van der Waals surface area contributed by atoms with E-state index < -0.39 is 0 Å². The molecule has 1 N–H and O–H groups in total. The summed E-state index contributed by atoms with van der Waals surface area (Å²) in [5.74, 6) is -0.417. The fraction of sp³-hybridized carbons (Fsp3) is 0.263. The van der Waals surface area contributed by atoms with Gasteiger partial charge in [0.2, 0.25) is 11.8 Å². The predicted molar refractivity (Wildman–Crippen MR) is 91.4 cm³/mol. The van der Waals surface area contributed by atoms with Gasteiger partial charge in [0, 0.05) is 24.3 Å². The zero-order chi connectivity index (χ0) is 16.4. The molecule has 118 valence electrons. The van der Waals surface area contributed by atoms with Gasteiger partial charge in [0.25, 0.3) is 0 Å². The number of benzene rings is 2. The third-order valence-corrected chi connectivity index (χ3v) is 4.16. The molecular weight excluding hydrogens is 288 g/mol. The summed E-state index contributed by atoms with van der Waals surface area (Å²) in [5.41, 5.74) is 3.91. The van der Waals surface area contributed by atoms with Gasteiger partial charge in [-0.2, -0.15) is 0 Å². The van der Waals surface area contributed by atoms with Gasteiger partial charge in [0.05, 0.1) is 5.92 Å². The largest absolute Gasteiger partial charge is 0.326 e. The molecule has 0 spiro atoms. The van der Waals surface area contributed by atoms with Gasteiger partial charge in [0.15, 0.2) is 0 Å². The summed E-state index contributed by atoms with van der Waals surface area (Å²) in [6.45, 7) is 4.44. The maximum absolute atomic E-state index is 12.4. The number of rotatable bonds is 3. The van der Waals surface area contributed by atoms with Gasteiger partial charge in [-0.1, -0.05) is 35.4 Å². The summed E-state index contributed by atoms with van der Waals surface area (Å²) in [7, 11) is 0. The molecule has 2 aromatic carbocycles. The van der Waals surface area contributed by atoms with Crippen LogP contribution >= 0.6 is 0 Å². The van der Waals surface area contributed by atoms with Gasteiger partial charge in [-0.25, -0.2) is 0 Å². The van der Waals surface area contributed by atoms with Crippen molar-refractivity contribution < 1.29 is 9.59 Å². The molecule has 4 heteroatoms. The van der Waals surface area contributed by atoms with Crippen molar-refractivity contribution in [2.24, 2.45) is 5.92 Å². The van der Waals surface area contributed by atoms with E-state index >= 15 is 0 Å². The Hall–Kier alpha value is -2.62. The molecule has 1 aliphatic rings. The van der Waals surface area contributed by atoms with Crippen LogP contribution in [-0.2, 0) is 9.59 Å². The molecule has 2 aromatic rings. The maximum atomic E-state index is 12.4. The standard InChI is InChI=1S/C19H20N2O2/c1-13-3-7-16(8-4-13)20-19(23)15-11-18(22)21(12-15)17-9-5-14(2)6-10-17/h3-10,15H,11-12H2,1-2H3,(H,20,23)/t15-/m1/s1. The van der Waals surface area contributed by atoms with Crippen LogP contribution in [0.5, 0.6) is 0 Å². The minimum absolute atomic E-state index is 0.00194. The van der Waals surface area contributed by atoms with Crippen LogP contribution in [0, 0.1) is 19.8 Å². The molecule has 4 nitrogen and oxygen atoms in total. The molecule has 1 heterocycles. The third kappa shape index (κ3) is 3.42.